The van der Waals surface area contributed by atoms with Crippen LogP contribution in [0.3, 0.4) is 0 Å². The molecule has 4 nitrogen and oxygen atoms in total. The van der Waals surface area contributed by atoms with Crippen molar-refractivity contribution in [1.82, 2.24) is 19.9 Å². The van der Waals surface area contributed by atoms with Gasteiger partial charge in [0.2, 0.25) is 0 Å². The van der Waals surface area contributed by atoms with Crippen molar-refractivity contribution in [2.75, 3.05) is 0 Å². The number of pyridine rings is 1. The molecule has 0 aliphatic carbocycles. The number of benzene rings is 1. The summed E-state index contributed by atoms with van der Waals surface area (Å²) in [5.41, 5.74) is 1.97. The molecule has 0 radical (unpaired) electrons. The van der Waals surface area contributed by atoms with Crippen molar-refractivity contribution in [2.24, 2.45) is 0 Å². The summed E-state index contributed by atoms with van der Waals surface area (Å²) in [4.78, 5) is 0. The summed E-state index contributed by atoms with van der Waals surface area (Å²) < 4.78 is 3.01. The lowest BCUT2D eigenvalue weighted by atomic mass is 10.2. The third-order valence-electron chi connectivity index (χ3n) is 2.99. The predicted molar refractivity (Wildman–Crippen MR) is 82.7 cm³/mol. The van der Waals surface area contributed by atoms with E-state index >= 15 is 0 Å². The lowest BCUT2D eigenvalue weighted by Crippen LogP contribution is -2.15. The number of rotatable bonds is 4. The minimum absolute atomic E-state index is 0.643. The molecule has 0 spiro atoms. The van der Waals surface area contributed by atoms with Gasteiger partial charge in [0.15, 0.2) is 11.5 Å². The summed E-state index contributed by atoms with van der Waals surface area (Å²) in [6.45, 7) is 1.35. The lowest BCUT2D eigenvalue weighted by Gasteiger charge is -2.06. The van der Waals surface area contributed by atoms with Crippen LogP contribution < -0.4 is 5.32 Å². The van der Waals surface area contributed by atoms with Crippen LogP contribution >= 0.6 is 27.5 Å². The zero-order valence-corrected chi connectivity index (χ0v) is 12.9. The molecule has 0 unspecified atom stereocenters. The molecule has 20 heavy (non-hydrogen) atoms. The Balaban J connectivity index is 1.69. The fraction of sp³-hybridized carbons (Fsp3) is 0.143. The molecule has 0 aliphatic heterocycles. The highest BCUT2D eigenvalue weighted by Gasteiger charge is 2.05. The van der Waals surface area contributed by atoms with Crippen LogP contribution in [0, 0.1) is 0 Å². The third-order valence-corrected chi connectivity index (χ3v) is 4.00. The van der Waals surface area contributed by atoms with Crippen LogP contribution in [0.25, 0.3) is 5.65 Å². The van der Waals surface area contributed by atoms with E-state index in [9.17, 15) is 0 Å². The maximum atomic E-state index is 6.00. The van der Waals surface area contributed by atoms with Gasteiger partial charge in [0.05, 0.1) is 6.54 Å². The zero-order chi connectivity index (χ0) is 13.9. The minimum Gasteiger partial charge on any atom is -0.306 e. The number of hydrogen-bond donors (Lipinski definition) is 1. The molecule has 1 aromatic carbocycles. The van der Waals surface area contributed by atoms with Crippen molar-refractivity contribution < 1.29 is 0 Å². The molecular weight excluding hydrogens is 340 g/mol. The highest BCUT2D eigenvalue weighted by molar-refractivity contribution is 9.10. The maximum absolute atomic E-state index is 6.00. The van der Waals surface area contributed by atoms with Gasteiger partial charge in [0, 0.05) is 22.2 Å². The molecule has 0 aliphatic rings. The van der Waals surface area contributed by atoms with Crippen LogP contribution in [0.2, 0.25) is 5.02 Å². The second-order valence-corrected chi connectivity index (χ2v) is 5.68. The maximum Gasteiger partial charge on any atom is 0.160 e. The molecule has 2 aromatic heterocycles. The SMILES string of the molecule is Clc1ccc(Br)c(CNCc2nnc3ccccn23)c1. The highest BCUT2D eigenvalue weighted by Crippen LogP contribution is 2.21. The van der Waals surface area contributed by atoms with E-state index < -0.39 is 0 Å². The lowest BCUT2D eigenvalue weighted by molar-refractivity contribution is 0.655. The third kappa shape index (κ3) is 2.85. The van der Waals surface area contributed by atoms with E-state index in [0.717, 1.165) is 26.5 Å². The van der Waals surface area contributed by atoms with E-state index in [0.29, 0.717) is 13.1 Å². The molecule has 2 heterocycles. The standard InChI is InChI=1S/C14H12BrClN4/c15-12-5-4-11(16)7-10(12)8-17-9-14-19-18-13-3-1-2-6-20(13)14/h1-7,17H,8-9H2. The van der Waals surface area contributed by atoms with E-state index in [2.05, 4.69) is 31.4 Å². The van der Waals surface area contributed by atoms with Crippen LogP contribution in [0.1, 0.15) is 11.4 Å². The van der Waals surface area contributed by atoms with Gasteiger partial charge in [-0.3, -0.25) is 4.40 Å². The van der Waals surface area contributed by atoms with Crippen molar-refractivity contribution in [3.8, 4) is 0 Å². The van der Waals surface area contributed by atoms with Gasteiger partial charge < -0.3 is 5.32 Å². The first-order valence-electron chi connectivity index (χ1n) is 6.17. The molecular formula is C14H12BrClN4. The van der Waals surface area contributed by atoms with Crippen LogP contribution in [0.15, 0.2) is 47.1 Å². The van der Waals surface area contributed by atoms with Gasteiger partial charge in [-0.05, 0) is 35.9 Å². The Morgan fingerprint density at radius 2 is 2.05 bits per heavy atom. The normalized spacial score (nSPS) is 11.1. The van der Waals surface area contributed by atoms with Gasteiger partial charge in [-0.2, -0.15) is 0 Å². The predicted octanol–water partition coefficient (Wildman–Crippen LogP) is 3.44. The van der Waals surface area contributed by atoms with Crippen molar-refractivity contribution in [1.29, 1.82) is 0 Å². The summed E-state index contributed by atoms with van der Waals surface area (Å²) >= 11 is 9.52. The van der Waals surface area contributed by atoms with E-state index in [1.165, 1.54) is 0 Å². The summed E-state index contributed by atoms with van der Waals surface area (Å²) in [7, 11) is 0. The first kappa shape index (κ1) is 13.5. The van der Waals surface area contributed by atoms with Crippen molar-refractivity contribution in [2.45, 2.75) is 13.1 Å². The van der Waals surface area contributed by atoms with Gasteiger partial charge in [-0.1, -0.05) is 33.6 Å². The van der Waals surface area contributed by atoms with Crippen molar-refractivity contribution >= 4 is 33.2 Å². The Morgan fingerprint density at radius 3 is 2.95 bits per heavy atom. The zero-order valence-electron chi connectivity index (χ0n) is 10.6. The van der Waals surface area contributed by atoms with Crippen LogP contribution in [-0.4, -0.2) is 14.6 Å². The van der Waals surface area contributed by atoms with Crippen molar-refractivity contribution in [3.05, 3.63) is 63.5 Å². The molecule has 0 amide bonds. The molecule has 3 rings (SSSR count). The van der Waals surface area contributed by atoms with E-state index in [1.54, 1.807) is 0 Å². The molecule has 1 N–H and O–H groups in total. The largest absolute Gasteiger partial charge is 0.306 e. The Labute approximate surface area is 129 Å². The Morgan fingerprint density at radius 1 is 1.15 bits per heavy atom. The second-order valence-electron chi connectivity index (χ2n) is 4.38. The van der Waals surface area contributed by atoms with E-state index in [1.807, 2.05) is 47.0 Å². The molecule has 0 saturated carbocycles. The monoisotopic (exact) mass is 350 g/mol. The highest BCUT2D eigenvalue weighted by atomic mass is 79.9. The van der Waals surface area contributed by atoms with Gasteiger partial charge in [-0.25, -0.2) is 0 Å². The molecule has 0 fully saturated rings. The molecule has 0 bridgehead atoms. The van der Waals surface area contributed by atoms with Crippen LogP contribution in [-0.2, 0) is 13.1 Å². The Bertz CT molecular complexity index is 741. The van der Waals surface area contributed by atoms with Gasteiger partial charge >= 0.3 is 0 Å². The van der Waals surface area contributed by atoms with Crippen molar-refractivity contribution in [3.63, 3.8) is 0 Å². The molecule has 6 heteroatoms. The van der Waals surface area contributed by atoms with Crippen LogP contribution in [0.5, 0.6) is 0 Å². The fourth-order valence-electron chi connectivity index (χ4n) is 2.00. The number of fused-ring (bicyclic) bond motifs is 1. The molecule has 0 saturated heterocycles. The summed E-state index contributed by atoms with van der Waals surface area (Å²) in [5.74, 6) is 0.888. The number of hydrogen-bond acceptors (Lipinski definition) is 3. The van der Waals surface area contributed by atoms with E-state index in [-0.39, 0.29) is 0 Å². The summed E-state index contributed by atoms with van der Waals surface area (Å²) in [6.07, 6.45) is 1.96. The quantitative estimate of drug-likeness (QED) is 0.783. The molecule has 3 aromatic rings. The Hall–Kier alpha value is -1.43. The average molecular weight is 352 g/mol. The molecule has 102 valence electrons. The first-order chi connectivity index (χ1) is 9.74. The first-order valence-corrected chi connectivity index (χ1v) is 7.34. The number of halogens is 2. The molecule has 0 atom stereocenters. The summed E-state index contributed by atoms with van der Waals surface area (Å²) in [5, 5.41) is 12.4. The van der Waals surface area contributed by atoms with Crippen LogP contribution in [0.4, 0.5) is 0 Å². The topological polar surface area (TPSA) is 42.2 Å². The minimum atomic E-state index is 0.643. The fourth-order valence-corrected chi connectivity index (χ4v) is 2.58. The Kier molecular flexibility index (Phi) is 4.00. The average Bonchev–Trinajstić information content (AvgIpc) is 2.86. The second kappa shape index (κ2) is 5.91. The smallest absolute Gasteiger partial charge is 0.160 e. The van der Waals surface area contributed by atoms with E-state index in [4.69, 9.17) is 11.6 Å². The van der Waals surface area contributed by atoms with Gasteiger partial charge in [0.1, 0.15) is 0 Å². The number of aromatic nitrogens is 3. The van der Waals surface area contributed by atoms with Gasteiger partial charge in [-0.15, -0.1) is 10.2 Å². The number of nitrogens with zero attached hydrogens (tertiary/aromatic N) is 3. The summed E-state index contributed by atoms with van der Waals surface area (Å²) in [6, 6.07) is 11.6. The number of nitrogens with one attached hydrogen (secondary N) is 1. The van der Waals surface area contributed by atoms with Gasteiger partial charge in [0.25, 0.3) is 0 Å².